The molecule has 0 aromatic heterocycles. The Kier molecular flexibility index (Phi) is 56.4. The zero-order chi connectivity index (χ0) is 61.3. The average Bonchev–Trinajstić information content (AvgIpc) is 3.47. The summed E-state index contributed by atoms with van der Waals surface area (Å²) < 4.78 is 67.9. The van der Waals surface area contributed by atoms with Gasteiger partial charge in [-0.05, 0) is 31.6 Å². The number of rotatable bonds is 64. The normalized spacial score (nSPS) is 14.2. The van der Waals surface area contributed by atoms with Gasteiger partial charge in [-0.25, -0.2) is 9.13 Å². The fourth-order valence-corrected chi connectivity index (χ4v) is 11.2. The van der Waals surface area contributed by atoms with Crippen LogP contribution in [0.1, 0.15) is 324 Å². The fraction of sp³-hybridized carbons (Fsp3) is 0.938. The monoisotopic (exact) mass is 1230 g/mol. The van der Waals surface area contributed by atoms with Crippen LogP contribution in [0.25, 0.3) is 0 Å². The van der Waals surface area contributed by atoms with Gasteiger partial charge in [0, 0.05) is 25.7 Å². The number of carbonyl (C=O) groups excluding carboxylic acids is 4. The highest BCUT2D eigenvalue weighted by Gasteiger charge is 2.30. The van der Waals surface area contributed by atoms with Gasteiger partial charge in [0.2, 0.25) is 0 Å². The Balaban J connectivity index is 5.19. The number of aliphatic hydroxyl groups excluding tert-OH is 1. The molecule has 0 fully saturated rings. The first kappa shape index (κ1) is 81.1. The summed E-state index contributed by atoms with van der Waals surface area (Å²) in [5, 5.41) is 10.5. The molecule has 0 saturated carbocycles. The molecule has 0 amide bonds. The average molecular weight is 1230 g/mol. The molecule has 0 spiro atoms. The van der Waals surface area contributed by atoms with Gasteiger partial charge in [-0.2, -0.15) is 0 Å². The van der Waals surface area contributed by atoms with E-state index in [0.29, 0.717) is 25.7 Å². The zero-order valence-electron chi connectivity index (χ0n) is 53.3. The minimum absolute atomic E-state index is 0.106. The van der Waals surface area contributed by atoms with Crippen LogP contribution in [0.4, 0.5) is 0 Å². The maximum absolute atomic E-state index is 13.0. The molecule has 0 radical (unpaired) electrons. The van der Waals surface area contributed by atoms with E-state index in [0.717, 1.165) is 102 Å². The first-order valence-corrected chi connectivity index (χ1v) is 36.6. The molecule has 2 unspecified atom stereocenters. The van der Waals surface area contributed by atoms with Crippen LogP contribution in [-0.4, -0.2) is 96.7 Å². The van der Waals surface area contributed by atoms with E-state index in [-0.39, 0.29) is 25.7 Å². The molecule has 83 heavy (non-hydrogen) atoms. The van der Waals surface area contributed by atoms with Gasteiger partial charge in [0.05, 0.1) is 26.4 Å². The van der Waals surface area contributed by atoms with Crippen LogP contribution in [0.15, 0.2) is 0 Å². The smallest absolute Gasteiger partial charge is 0.462 e. The molecule has 3 N–H and O–H groups in total. The molecule has 0 aromatic rings. The van der Waals surface area contributed by atoms with Crippen molar-refractivity contribution in [3.8, 4) is 0 Å². The summed E-state index contributed by atoms with van der Waals surface area (Å²) in [6, 6.07) is 0. The highest BCUT2D eigenvalue weighted by Crippen LogP contribution is 2.45. The van der Waals surface area contributed by atoms with Gasteiger partial charge in [-0.3, -0.25) is 37.3 Å². The molecule has 0 aliphatic heterocycles. The minimum atomic E-state index is -4.94. The molecule has 492 valence electrons. The van der Waals surface area contributed by atoms with Crippen molar-refractivity contribution in [3.63, 3.8) is 0 Å². The second-order valence-corrected chi connectivity index (χ2v) is 26.5. The summed E-state index contributed by atoms with van der Waals surface area (Å²) in [6.07, 6.45) is 41.7. The number of ether oxygens (including phenoxy) is 4. The Morgan fingerprint density at radius 3 is 0.819 bits per heavy atom. The number of esters is 4. The van der Waals surface area contributed by atoms with Crippen LogP contribution in [0.2, 0.25) is 0 Å². The molecule has 0 rings (SSSR count). The molecule has 0 aliphatic rings. The third-order valence-corrected chi connectivity index (χ3v) is 16.7. The number of phosphoric ester groups is 2. The fourth-order valence-electron chi connectivity index (χ4n) is 9.58. The van der Waals surface area contributed by atoms with Crippen molar-refractivity contribution in [3.05, 3.63) is 0 Å². The molecule has 5 atom stereocenters. The lowest BCUT2D eigenvalue weighted by molar-refractivity contribution is -0.161. The van der Waals surface area contributed by atoms with Gasteiger partial charge >= 0.3 is 39.5 Å². The highest BCUT2D eigenvalue weighted by atomic mass is 31.2. The Morgan fingerprint density at radius 2 is 0.554 bits per heavy atom. The van der Waals surface area contributed by atoms with Crippen LogP contribution < -0.4 is 0 Å². The van der Waals surface area contributed by atoms with E-state index < -0.39 is 97.5 Å². The lowest BCUT2D eigenvalue weighted by Gasteiger charge is -2.21. The van der Waals surface area contributed by atoms with Crippen LogP contribution >= 0.6 is 15.6 Å². The van der Waals surface area contributed by atoms with E-state index in [4.69, 9.17) is 37.0 Å². The number of aliphatic hydroxyl groups is 1. The van der Waals surface area contributed by atoms with E-state index in [1.54, 1.807) is 0 Å². The van der Waals surface area contributed by atoms with Crippen LogP contribution in [0.3, 0.4) is 0 Å². The summed E-state index contributed by atoms with van der Waals surface area (Å²) in [5.41, 5.74) is 0. The predicted molar refractivity (Wildman–Crippen MR) is 331 cm³/mol. The van der Waals surface area contributed by atoms with Crippen molar-refractivity contribution < 1.29 is 80.2 Å². The first-order chi connectivity index (χ1) is 40.0. The van der Waals surface area contributed by atoms with Gasteiger partial charge < -0.3 is 33.8 Å². The van der Waals surface area contributed by atoms with Crippen LogP contribution in [0, 0.1) is 5.92 Å². The predicted octanol–water partition coefficient (Wildman–Crippen LogP) is 17.8. The van der Waals surface area contributed by atoms with E-state index in [1.165, 1.54) is 141 Å². The Morgan fingerprint density at radius 1 is 0.325 bits per heavy atom. The zero-order valence-corrected chi connectivity index (χ0v) is 55.1. The van der Waals surface area contributed by atoms with E-state index >= 15 is 0 Å². The summed E-state index contributed by atoms with van der Waals surface area (Å²) in [5.74, 6) is -1.35. The summed E-state index contributed by atoms with van der Waals surface area (Å²) in [6.45, 7) is 7.16. The summed E-state index contributed by atoms with van der Waals surface area (Å²) in [7, 11) is -9.88. The summed E-state index contributed by atoms with van der Waals surface area (Å²) in [4.78, 5) is 72.1. The number of carbonyl (C=O) groups is 4. The van der Waals surface area contributed by atoms with E-state index in [2.05, 4.69) is 34.6 Å². The quantitative estimate of drug-likeness (QED) is 0.0222. The molecule has 0 saturated heterocycles. The highest BCUT2D eigenvalue weighted by molar-refractivity contribution is 7.47. The van der Waals surface area contributed by atoms with Crippen LogP contribution in [0.5, 0.6) is 0 Å². The maximum atomic E-state index is 13.0. The molecule has 0 heterocycles. The van der Waals surface area contributed by atoms with Crippen molar-refractivity contribution in [1.29, 1.82) is 0 Å². The third-order valence-electron chi connectivity index (χ3n) is 14.8. The van der Waals surface area contributed by atoms with Gasteiger partial charge in [-0.1, -0.05) is 272 Å². The summed E-state index contributed by atoms with van der Waals surface area (Å²) >= 11 is 0. The van der Waals surface area contributed by atoms with E-state index in [1.807, 2.05) is 0 Å². The largest absolute Gasteiger partial charge is 0.472 e. The number of unbranched alkanes of at least 4 members (excludes halogenated alkanes) is 36. The van der Waals surface area contributed by atoms with Crippen molar-refractivity contribution in [2.75, 3.05) is 39.6 Å². The molecule has 19 heteroatoms. The lowest BCUT2D eigenvalue weighted by atomic mass is 10.0. The number of hydrogen-bond acceptors (Lipinski definition) is 15. The standard InChI is InChI=1S/C64H124O17P2/c1-6-9-12-15-18-21-29-33-38-43-48-62(67)75-54-60(81-64(69)50-45-40-35-30-26-24-22-23-25-28-31-36-41-46-57(4)5)56-79-83(72,73)77-52-58(65)51-76-82(70,71)78-55-59(53-74-61(66)47-42-37-32-20-17-14-11-8-3)80-63(68)49-44-39-34-27-19-16-13-10-7-2/h57-60,65H,6-56H2,1-5H3,(H,70,71)(H,72,73)/t58-,59+,60+/m0/s1. The van der Waals surface area contributed by atoms with Gasteiger partial charge in [-0.15, -0.1) is 0 Å². The van der Waals surface area contributed by atoms with E-state index in [9.17, 15) is 43.2 Å². The Bertz CT molecular complexity index is 1620. The van der Waals surface area contributed by atoms with Gasteiger partial charge in [0.15, 0.2) is 12.2 Å². The molecular formula is C64H124O17P2. The third kappa shape index (κ3) is 58.8. The maximum Gasteiger partial charge on any atom is 0.472 e. The SMILES string of the molecule is CCCCCCCCCCCCC(=O)OC[C@H](COP(=O)(O)OC[C@@H](O)COP(=O)(O)OC[C@@H](COC(=O)CCCCCCCCCC)OC(=O)CCCCCCCCCCC)OC(=O)CCCCCCCCCCCCCCCC(C)C. The molecule has 0 aromatic carbocycles. The minimum Gasteiger partial charge on any atom is -0.462 e. The number of phosphoric acid groups is 2. The van der Waals surface area contributed by atoms with Crippen molar-refractivity contribution in [2.24, 2.45) is 5.92 Å². The molecule has 0 bridgehead atoms. The van der Waals surface area contributed by atoms with Crippen molar-refractivity contribution in [1.82, 2.24) is 0 Å². The first-order valence-electron chi connectivity index (χ1n) is 33.6. The van der Waals surface area contributed by atoms with Crippen molar-refractivity contribution >= 4 is 39.5 Å². The molecule has 0 aliphatic carbocycles. The number of hydrogen-bond donors (Lipinski definition) is 3. The molecular weight excluding hydrogens is 1100 g/mol. The Labute approximate surface area is 505 Å². The second-order valence-electron chi connectivity index (χ2n) is 23.6. The molecule has 17 nitrogen and oxygen atoms in total. The van der Waals surface area contributed by atoms with Gasteiger partial charge in [0.1, 0.15) is 19.3 Å². The Hall–Kier alpha value is -1.94. The topological polar surface area (TPSA) is 237 Å². The van der Waals surface area contributed by atoms with Gasteiger partial charge in [0.25, 0.3) is 0 Å². The second kappa shape index (κ2) is 57.8. The van der Waals surface area contributed by atoms with Crippen molar-refractivity contribution in [2.45, 2.75) is 342 Å². The van der Waals surface area contributed by atoms with Crippen LogP contribution in [-0.2, 0) is 65.4 Å². The lowest BCUT2D eigenvalue weighted by Crippen LogP contribution is -2.30.